The third kappa shape index (κ3) is 3.26. The maximum atomic E-state index is 13.5. The lowest BCUT2D eigenvalue weighted by molar-refractivity contribution is 0.564. The molecule has 1 aromatic heterocycles. The van der Waals surface area contributed by atoms with Crippen molar-refractivity contribution in [3.63, 3.8) is 0 Å². The summed E-state index contributed by atoms with van der Waals surface area (Å²) in [6.45, 7) is 4.50. The molecular formula is C13H14Cl2FN3. The number of H-pyrrole nitrogens is 1. The zero-order chi connectivity index (χ0) is 14.0. The van der Waals surface area contributed by atoms with Crippen LogP contribution in [-0.4, -0.2) is 10.2 Å². The number of nitrogens with one attached hydrogen (secondary N) is 2. The van der Waals surface area contributed by atoms with Crippen molar-refractivity contribution in [3.8, 4) is 0 Å². The summed E-state index contributed by atoms with van der Waals surface area (Å²) in [5.74, 6) is -0.464. The second kappa shape index (κ2) is 5.90. The summed E-state index contributed by atoms with van der Waals surface area (Å²) in [7, 11) is 0. The van der Waals surface area contributed by atoms with Gasteiger partial charge in [-0.2, -0.15) is 5.10 Å². The van der Waals surface area contributed by atoms with Gasteiger partial charge >= 0.3 is 0 Å². The van der Waals surface area contributed by atoms with E-state index in [1.807, 2.05) is 13.8 Å². The van der Waals surface area contributed by atoms with E-state index >= 15 is 0 Å². The second-order valence-corrected chi connectivity index (χ2v) is 5.23. The molecule has 102 valence electrons. The van der Waals surface area contributed by atoms with E-state index in [2.05, 4.69) is 15.5 Å². The van der Waals surface area contributed by atoms with Crippen molar-refractivity contribution in [2.24, 2.45) is 0 Å². The number of hydrogen-bond donors (Lipinski definition) is 2. The zero-order valence-corrected chi connectivity index (χ0v) is 12.1. The average Bonchev–Trinajstić information content (AvgIpc) is 2.76. The molecule has 2 N–H and O–H groups in total. The van der Waals surface area contributed by atoms with Crippen LogP contribution >= 0.6 is 23.2 Å². The fourth-order valence-electron chi connectivity index (χ4n) is 1.80. The molecule has 3 nitrogen and oxygen atoms in total. The van der Waals surface area contributed by atoms with Crippen molar-refractivity contribution in [2.75, 3.05) is 0 Å². The molecular weight excluding hydrogens is 288 g/mol. The fourth-order valence-corrected chi connectivity index (χ4v) is 2.34. The van der Waals surface area contributed by atoms with E-state index in [1.165, 1.54) is 12.1 Å². The van der Waals surface area contributed by atoms with Crippen molar-refractivity contribution in [1.82, 2.24) is 15.5 Å². The van der Waals surface area contributed by atoms with E-state index in [9.17, 15) is 4.39 Å². The molecule has 0 saturated heterocycles. The number of aromatic nitrogens is 2. The minimum atomic E-state index is -0.464. The lowest BCUT2D eigenvalue weighted by atomic mass is 10.1. The van der Waals surface area contributed by atoms with Crippen LogP contribution in [0.15, 0.2) is 18.3 Å². The van der Waals surface area contributed by atoms with Crippen LogP contribution in [-0.2, 0) is 6.54 Å². The number of aryl methyl sites for hydroxylation is 1. The Labute approximate surface area is 121 Å². The largest absolute Gasteiger partial charge is 0.306 e. The van der Waals surface area contributed by atoms with Gasteiger partial charge in [0, 0.05) is 28.9 Å². The Morgan fingerprint density at radius 3 is 2.74 bits per heavy atom. The van der Waals surface area contributed by atoms with Gasteiger partial charge in [0.05, 0.1) is 11.2 Å². The minimum absolute atomic E-state index is 0.0339. The van der Waals surface area contributed by atoms with E-state index < -0.39 is 5.82 Å². The molecule has 2 aromatic rings. The molecule has 2 rings (SSSR count). The first kappa shape index (κ1) is 14.3. The summed E-state index contributed by atoms with van der Waals surface area (Å²) >= 11 is 11.8. The van der Waals surface area contributed by atoms with E-state index in [0.717, 1.165) is 11.3 Å². The Balaban J connectivity index is 2.10. The maximum Gasteiger partial charge on any atom is 0.142 e. The van der Waals surface area contributed by atoms with Crippen LogP contribution in [0.3, 0.4) is 0 Å². The number of rotatable bonds is 4. The summed E-state index contributed by atoms with van der Waals surface area (Å²) in [5.41, 5.74) is 2.76. The van der Waals surface area contributed by atoms with Crippen LogP contribution in [0.1, 0.15) is 29.8 Å². The SMILES string of the molecule is Cc1[nH]ncc1CNC(C)c1cc(F)c(Cl)cc1Cl. The van der Waals surface area contributed by atoms with Crippen LogP contribution in [0.25, 0.3) is 0 Å². The van der Waals surface area contributed by atoms with E-state index in [-0.39, 0.29) is 11.1 Å². The van der Waals surface area contributed by atoms with Crippen molar-refractivity contribution in [3.05, 3.63) is 51.0 Å². The highest BCUT2D eigenvalue weighted by Gasteiger charge is 2.13. The molecule has 0 saturated carbocycles. The van der Waals surface area contributed by atoms with Crippen LogP contribution < -0.4 is 5.32 Å². The molecule has 0 aliphatic carbocycles. The third-order valence-corrected chi connectivity index (χ3v) is 3.66. The zero-order valence-electron chi connectivity index (χ0n) is 10.6. The van der Waals surface area contributed by atoms with Gasteiger partial charge in [-0.1, -0.05) is 23.2 Å². The molecule has 6 heteroatoms. The van der Waals surface area contributed by atoms with Crippen molar-refractivity contribution in [2.45, 2.75) is 26.4 Å². The van der Waals surface area contributed by atoms with Gasteiger partial charge < -0.3 is 5.32 Å². The van der Waals surface area contributed by atoms with Gasteiger partial charge in [-0.25, -0.2) is 4.39 Å². The van der Waals surface area contributed by atoms with E-state index in [4.69, 9.17) is 23.2 Å². The van der Waals surface area contributed by atoms with Gasteiger partial charge in [-0.15, -0.1) is 0 Å². The van der Waals surface area contributed by atoms with E-state index in [1.54, 1.807) is 6.20 Å². The summed E-state index contributed by atoms with van der Waals surface area (Å²) in [4.78, 5) is 0. The first-order valence-electron chi connectivity index (χ1n) is 5.85. The number of aromatic amines is 1. The number of halogens is 3. The van der Waals surface area contributed by atoms with Crippen molar-refractivity contribution < 1.29 is 4.39 Å². The van der Waals surface area contributed by atoms with Gasteiger partial charge in [-0.3, -0.25) is 5.10 Å². The van der Waals surface area contributed by atoms with Gasteiger partial charge in [-0.05, 0) is 31.5 Å². The molecule has 19 heavy (non-hydrogen) atoms. The molecule has 0 aliphatic rings. The van der Waals surface area contributed by atoms with Gasteiger partial charge in [0.25, 0.3) is 0 Å². The van der Waals surface area contributed by atoms with E-state index in [0.29, 0.717) is 17.1 Å². The normalized spacial score (nSPS) is 12.7. The number of nitrogens with zero attached hydrogens (tertiary/aromatic N) is 1. The van der Waals surface area contributed by atoms with Crippen LogP contribution in [0.2, 0.25) is 10.0 Å². The van der Waals surface area contributed by atoms with Crippen LogP contribution in [0.4, 0.5) is 4.39 Å². The lowest BCUT2D eigenvalue weighted by Gasteiger charge is -2.16. The number of benzene rings is 1. The van der Waals surface area contributed by atoms with Crippen LogP contribution in [0.5, 0.6) is 0 Å². The Morgan fingerprint density at radius 1 is 1.37 bits per heavy atom. The molecule has 0 bridgehead atoms. The minimum Gasteiger partial charge on any atom is -0.306 e. The Kier molecular flexibility index (Phi) is 4.45. The summed E-state index contributed by atoms with van der Waals surface area (Å²) < 4.78 is 13.5. The highest BCUT2D eigenvalue weighted by Crippen LogP contribution is 2.28. The van der Waals surface area contributed by atoms with Crippen molar-refractivity contribution in [1.29, 1.82) is 0 Å². The molecule has 1 unspecified atom stereocenters. The standard InChI is InChI=1S/C13H14Cl2FN3/c1-7-9(6-18-19-7)5-17-8(2)10-3-13(16)12(15)4-11(10)14/h3-4,6,8,17H,5H2,1-2H3,(H,18,19). The Bertz CT molecular complexity index is 583. The quantitative estimate of drug-likeness (QED) is 0.838. The Hall–Kier alpha value is -1.10. The summed E-state index contributed by atoms with van der Waals surface area (Å²) in [6.07, 6.45) is 1.76. The molecule has 1 atom stereocenters. The van der Waals surface area contributed by atoms with Gasteiger partial charge in [0.2, 0.25) is 0 Å². The molecule has 0 radical (unpaired) electrons. The maximum absolute atomic E-state index is 13.5. The smallest absolute Gasteiger partial charge is 0.142 e. The monoisotopic (exact) mass is 301 g/mol. The average molecular weight is 302 g/mol. The summed E-state index contributed by atoms with van der Waals surface area (Å²) in [5, 5.41) is 10.6. The third-order valence-electron chi connectivity index (χ3n) is 3.04. The lowest BCUT2D eigenvalue weighted by Crippen LogP contribution is -2.18. The van der Waals surface area contributed by atoms with Gasteiger partial charge in [0.15, 0.2) is 0 Å². The molecule has 1 heterocycles. The molecule has 1 aromatic carbocycles. The van der Waals surface area contributed by atoms with Crippen LogP contribution in [0, 0.1) is 12.7 Å². The first-order chi connectivity index (χ1) is 8.99. The Morgan fingerprint density at radius 2 is 2.11 bits per heavy atom. The predicted octanol–water partition coefficient (Wildman–Crippen LogP) is 4.01. The first-order valence-corrected chi connectivity index (χ1v) is 6.61. The van der Waals surface area contributed by atoms with Gasteiger partial charge in [0.1, 0.15) is 5.82 Å². The fraction of sp³-hybridized carbons (Fsp3) is 0.308. The molecule has 0 spiro atoms. The number of hydrogen-bond acceptors (Lipinski definition) is 2. The molecule has 0 fully saturated rings. The highest BCUT2D eigenvalue weighted by atomic mass is 35.5. The molecule has 0 amide bonds. The second-order valence-electron chi connectivity index (χ2n) is 4.41. The van der Waals surface area contributed by atoms with Crippen molar-refractivity contribution >= 4 is 23.2 Å². The predicted molar refractivity (Wildman–Crippen MR) is 75.0 cm³/mol. The molecule has 0 aliphatic heterocycles. The summed E-state index contributed by atoms with van der Waals surface area (Å²) in [6, 6.07) is 2.70. The highest BCUT2D eigenvalue weighted by molar-refractivity contribution is 6.35. The topological polar surface area (TPSA) is 40.7 Å².